The molecule has 12 atom stereocenters. The van der Waals surface area contributed by atoms with E-state index in [4.69, 9.17) is 47.4 Å². The summed E-state index contributed by atoms with van der Waals surface area (Å²) in [4.78, 5) is 135. The Labute approximate surface area is 746 Å². The van der Waals surface area contributed by atoms with E-state index in [0.29, 0.717) is 75.5 Å². The van der Waals surface area contributed by atoms with Gasteiger partial charge in [0.1, 0.15) is 70.1 Å². The van der Waals surface area contributed by atoms with Crippen LogP contribution in [-0.2, 0) is 47.4 Å². The van der Waals surface area contributed by atoms with Crippen molar-refractivity contribution < 1.29 is 95.3 Å². The van der Waals surface area contributed by atoms with Gasteiger partial charge in [0.15, 0.2) is 0 Å². The Hall–Kier alpha value is -8.93. The summed E-state index contributed by atoms with van der Waals surface area (Å²) in [6.07, 6.45) is 16.2. The molecule has 31 heteroatoms. The lowest BCUT2D eigenvalue weighted by atomic mass is 9.83. The van der Waals surface area contributed by atoms with E-state index in [1.807, 2.05) is 205 Å². The molecule has 0 radical (unpaired) electrons. The number of pyridine rings is 1. The van der Waals surface area contributed by atoms with Gasteiger partial charge in [0.05, 0.1) is 61.1 Å². The Morgan fingerprint density at radius 2 is 0.712 bits per heavy atom. The third-order valence-electron chi connectivity index (χ3n) is 24.2. The third kappa shape index (κ3) is 29.8. The minimum atomic E-state index is -0.249. The van der Waals surface area contributed by atoms with Crippen LogP contribution in [0.25, 0.3) is 0 Å². The van der Waals surface area contributed by atoms with E-state index < -0.39 is 0 Å². The molecule has 31 nitrogen and oxygen atoms in total. The number of carbonyl (C=O) groups excluding carboxylic acids is 10. The van der Waals surface area contributed by atoms with Crippen LogP contribution in [0.1, 0.15) is 294 Å². The Kier molecular flexibility index (Phi) is 41.9. The summed E-state index contributed by atoms with van der Waals surface area (Å²) in [6, 6.07) is 20.0. The van der Waals surface area contributed by atoms with Crippen molar-refractivity contribution in [2.24, 2.45) is 17.8 Å². The fraction of sp³-hybridized carbons (Fsp3) is 0.777. The number of benzene rings is 1. The number of cyclic esters (lactones) is 8. The third-order valence-corrected chi connectivity index (χ3v) is 24.2. The Morgan fingerprint density at radius 3 is 1.12 bits per heavy atom. The second kappa shape index (κ2) is 50.0. The molecule has 12 unspecified atom stereocenters. The molecule has 125 heavy (non-hydrogen) atoms. The summed E-state index contributed by atoms with van der Waals surface area (Å²) in [5.74, 6) is 1.76. The predicted octanol–water partition coefficient (Wildman–Crippen LogP) is 19.1. The standard InChI is InChI=1S/C12H21NO2.C12H15NO2.C11H14N2O2.C10H17NO2.C10H19NO2.C9H15NO2.C9H17NO2.3C7H13NO2/c2*1-9(2)13-11(8-15-12(13)14)10-6-4-3-5-7-10;1-8(2)13-10(7-15-11(13)14)9-5-3-4-6-12-9;1-7(2)11-8-5-3-4-6-9(8)13-10(11)12;1-7(2)5-9-6-13-10(12)11(9)8(3)4;1-6(2)10-7-4-3-5-8(7)12-9(10)11;1-6(2)8-5-12-9(11)10(8)7(3)4;1-5(2)8-6(3)4-10-7(8)9;2*1-5(2)8-4-6(3)10-7(8)9/h9-11H,3-8H2,1-2H3;3-7,9,11H,8H2,1-2H3;3-6,8,10H,7H2,1-2H3;7-9H,3-6H2,1-2H3;7-9H,5-6H2,1-4H3;6-8H,3-5H2,1-2H3;6-8H,5H2,1-4H3;3*5-6H,4H2,1-3H3. The smallest absolute Gasteiger partial charge is 0.410 e. The van der Waals surface area contributed by atoms with Crippen molar-refractivity contribution in [1.82, 2.24) is 54.0 Å². The molecule has 0 N–H and O–H groups in total. The molecule has 10 saturated heterocycles. The summed E-state index contributed by atoms with van der Waals surface area (Å²) < 4.78 is 50.6. The minimum absolute atomic E-state index is 0.0429. The van der Waals surface area contributed by atoms with Crippen LogP contribution < -0.4 is 0 Å². The summed E-state index contributed by atoms with van der Waals surface area (Å²) in [5, 5.41) is 0. The lowest BCUT2D eigenvalue weighted by Crippen LogP contribution is -2.43. The van der Waals surface area contributed by atoms with Crippen molar-refractivity contribution in [2.45, 2.75) is 404 Å². The zero-order valence-corrected chi connectivity index (χ0v) is 80.6. The number of hydrogen-bond acceptors (Lipinski definition) is 21. The SMILES string of the molecule is CC(C)C1COC(=O)N1C(C)C.CC(C)CC1COC(=O)N1C(C)C.CC(C)N1C(=O)OC2CCCC21.CC(C)N1C(=O)OC2CCCCC21.CC(C)N1C(=O)OCC1C.CC(C)N1C(=O)OCC1C1CCCCC1.CC(C)N1C(=O)OCC1c1ccccc1.CC(C)N1C(=O)OCC1c1ccccn1.CC1CN(C(C)C)C(=O)O1.CC1CN(C(C)C)C(=O)O1. The highest BCUT2D eigenvalue weighted by Crippen LogP contribution is 2.38. The Balaban J connectivity index is 0.000000215. The van der Waals surface area contributed by atoms with E-state index >= 15 is 0 Å². The van der Waals surface area contributed by atoms with Crippen molar-refractivity contribution in [2.75, 3.05) is 52.7 Å². The largest absolute Gasteiger partial charge is 0.447 e. The van der Waals surface area contributed by atoms with Gasteiger partial charge in [-0.3, -0.25) is 44.2 Å². The van der Waals surface area contributed by atoms with Crippen molar-refractivity contribution >= 4 is 60.9 Å². The van der Waals surface area contributed by atoms with Gasteiger partial charge in [0, 0.05) is 66.6 Å². The van der Waals surface area contributed by atoms with Crippen LogP contribution >= 0.6 is 0 Å². The fourth-order valence-electron chi connectivity index (χ4n) is 18.1. The average molecular weight is 1760 g/mol. The number of amides is 10. The first-order valence-electron chi connectivity index (χ1n) is 46.5. The van der Waals surface area contributed by atoms with Crippen LogP contribution in [0.2, 0.25) is 0 Å². The maximum Gasteiger partial charge on any atom is 0.410 e. The molecule has 11 heterocycles. The number of nitrogens with zero attached hydrogens (tertiary/aromatic N) is 11. The average Bonchev–Trinajstić information content (AvgIpc) is 2.47. The summed E-state index contributed by atoms with van der Waals surface area (Å²) in [6.45, 7) is 59.2. The molecule has 3 saturated carbocycles. The quantitative estimate of drug-likeness (QED) is 0.141. The molecular formula is C94H157N11O20. The van der Waals surface area contributed by atoms with Gasteiger partial charge in [-0.15, -0.1) is 0 Å². The van der Waals surface area contributed by atoms with E-state index in [1.165, 1.54) is 51.4 Å². The first-order valence-corrected chi connectivity index (χ1v) is 46.5. The first kappa shape index (κ1) is 105. The number of fused-ring (bicyclic) bond motifs is 2. The van der Waals surface area contributed by atoms with Crippen LogP contribution in [0.15, 0.2) is 54.7 Å². The van der Waals surface area contributed by atoms with Crippen molar-refractivity contribution in [1.29, 1.82) is 0 Å². The molecule has 3 aliphatic carbocycles. The van der Waals surface area contributed by atoms with Gasteiger partial charge in [-0.1, -0.05) is 89.8 Å². The predicted molar refractivity (Wildman–Crippen MR) is 478 cm³/mol. The number of ether oxygens (including phenoxy) is 10. The van der Waals surface area contributed by atoms with Gasteiger partial charge in [0.25, 0.3) is 0 Å². The second-order valence-electron chi connectivity index (χ2n) is 38.2. The lowest BCUT2D eigenvalue weighted by molar-refractivity contribution is 0.113. The number of hydrogen-bond donors (Lipinski definition) is 0. The molecule has 13 aliphatic rings. The number of carbonyl (C=O) groups is 10. The zero-order chi connectivity index (χ0) is 93.1. The van der Waals surface area contributed by atoms with Gasteiger partial charge < -0.3 is 57.2 Å². The maximum atomic E-state index is 11.6. The molecule has 13 fully saturated rings. The van der Waals surface area contributed by atoms with E-state index in [-0.39, 0.29) is 176 Å². The highest BCUT2D eigenvalue weighted by atomic mass is 16.6. The number of aromatic nitrogens is 1. The van der Waals surface area contributed by atoms with Crippen molar-refractivity contribution in [3.63, 3.8) is 0 Å². The van der Waals surface area contributed by atoms with Gasteiger partial charge in [-0.2, -0.15) is 0 Å². The zero-order valence-electron chi connectivity index (χ0n) is 80.6. The summed E-state index contributed by atoms with van der Waals surface area (Å²) in [5.41, 5.74) is 2.02. The van der Waals surface area contributed by atoms with E-state index in [2.05, 4.69) is 60.4 Å². The van der Waals surface area contributed by atoms with Gasteiger partial charge in [0.2, 0.25) is 0 Å². The molecule has 1 aromatic heterocycles. The minimum Gasteiger partial charge on any atom is -0.447 e. The topological polar surface area (TPSA) is 308 Å². The molecule has 10 aliphatic heterocycles. The van der Waals surface area contributed by atoms with Gasteiger partial charge in [-0.05, 0) is 252 Å². The highest BCUT2D eigenvalue weighted by molar-refractivity contribution is 5.75. The summed E-state index contributed by atoms with van der Waals surface area (Å²) in [7, 11) is 0. The lowest BCUT2D eigenvalue weighted by Gasteiger charge is -2.33. The second-order valence-corrected chi connectivity index (χ2v) is 38.2. The maximum absolute atomic E-state index is 11.6. The molecule has 0 spiro atoms. The number of rotatable bonds is 16. The van der Waals surface area contributed by atoms with Crippen LogP contribution in [0.4, 0.5) is 47.9 Å². The Morgan fingerprint density at radius 1 is 0.328 bits per heavy atom. The van der Waals surface area contributed by atoms with Crippen LogP contribution in [0, 0.1) is 17.8 Å². The Bertz CT molecular complexity index is 3560. The van der Waals surface area contributed by atoms with Gasteiger partial charge >= 0.3 is 60.9 Å². The van der Waals surface area contributed by atoms with Crippen LogP contribution in [0.5, 0.6) is 0 Å². The van der Waals surface area contributed by atoms with Crippen LogP contribution in [0.3, 0.4) is 0 Å². The summed E-state index contributed by atoms with van der Waals surface area (Å²) >= 11 is 0. The molecular weight excluding hydrogens is 1600 g/mol. The van der Waals surface area contributed by atoms with E-state index in [1.54, 1.807) is 30.7 Å². The monoisotopic (exact) mass is 1760 g/mol. The van der Waals surface area contributed by atoms with Crippen molar-refractivity contribution in [3.05, 3.63) is 66.0 Å². The van der Waals surface area contributed by atoms with Gasteiger partial charge in [-0.25, -0.2) is 47.9 Å². The van der Waals surface area contributed by atoms with Crippen molar-refractivity contribution in [3.8, 4) is 0 Å². The normalized spacial score (nSPS) is 26.1. The van der Waals surface area contributed by atoms with E-state index in [9.17, 15) is 47.9 Å². The molecule has 15 rings (SSSR count). The molecule has 1 aromatic carbocycles. The van der Waals surface area contributed by atoms with E-state index in [0.717, 1.165) is 56.5 Å². The molecule has 708 valence electrons. The fourth-order valence-corrected chi connectivity index (χ4v) is 18.1. The molecule has 2 aromatic rings. The first-order chi connectivity index (χ1) is 58.9. The molecule has 0 bridgehead atoms. The van der Waals surface area contributed by atoms with Crippen LogP contribution in [-0.4, -0.2) is 289 Å². The highest BCUT2D eigenvalue weighted by Gasteiger charge is 2.48. The molecule has 10 amide bonds.